The molecule has 0 atom stereocenters. The molecule has 0 heterocycles. The number of aromatic hydroxyl groups is 1. The number of hydrogen-bond donors (Lipinski definition) is 5. The molecule has 0 bridgehead atoms. The van der Waals surface area contributed by atoms with Gasteiger partial charge in [-0.1, -0.05) is 18.2 Å². The zero-order chi connectivity index (χ0) is 24.9. The Bertz CT molecular complexity index is 1920. The van der Waals surface area contributed by atoms with Crippen molar-refractivity contribution in [1.82, 2.24) is 0 Å². The SMILES string of the molecule is O=S(=O)(O)c1c(O)c2ccc3c(S(=O)(=O)O)cc(S(=O)(=O)O)c4ccc(c1S(=O)(=O)O)c2c34.[NaH].[NaH].[NaH]. The van der Waals surface area contributed by atoms with E-state index in [1.54, 1.807) is 0 Å². The van der Waals surface area contributed by atoms with Gasteiger partial charge in [0, 0.05) is 32.3 Å². The third-order valence-electron chi connectivity index (χ3n) is 4.95. The van der Waals surface area contributed by atoms with E-state index in [1.165, 1.54) is 0 Å². The molecular weight excluding hydrogens is 597 g/mol. The minimum absolute atomic E-state index is 0. The summed E-state index contributed by atoms with van der Waals surface area (Å²) < 4.78 is 134. The van der Waals surface area contributed by atoms with Crippen LogP contribution in [0.5, 0.6) is 5.75 Å². The maximum absolute atomic E-state index is 12.0. The molecule has 0 saturated carbocycles. The predicted octanol–water partition coefficient (Wildman–Crippen LogP) is -0.669. The molecule has 182 valence electrons. The maximum atomic E-state index is 12.0. The van der Waals surface area contributed by atoms with Crippen molar-refractivity contribution in [2.45, 2.75) is 19.6 Å². The average Bonchev–Trinajstić information content (AvgIpc) is 2.62. The second kappa shape index (κ2) is 10.7. The van der Waals surface area contributed by atoms with Crippen molar-refractivity contribution in [3.05, 3.63) is 30.3 Å². The van der Waals surface area contributed by atoms with Gasteiger partial charge in [0.2, 0.25) is 0 Å². The molecule has 4 aromatic carbocycles. The first-order valence-electron chi connectivity index (χ1n) is 8.25. The van der Waals surface area contributed by atoms with E-state index in [0.717, 1.165) is 24.3 Å². The van der Waals surface area contributed by atoms with Crippen LogP contribution in [0.15, 0.2) is 49.9 Å². The summed E-state index contributed by atoms with van der Waals surface area (Å²) in [5.74, 6) is -1.35. The Labute approximate surface area is 270 Å². The summed E-state index contributed by atoms with van der Waals surface area (Å²) in [7, 11) is -21.2. The molecule has 0 saturated heterocycles. The van der Waals surface area contributed by atoms with E-state index in [-0.39, 0.29) is 88.7 Å². The van der Waals surface area contributed by atoms with Crippen LogP contribution in [0.4, 0.5) is 0 Å². The van der Waals surface area contributed by atoms with Crippen molar-refractivity contribution >= 4 is 161 Å². The number of phenols is 1. The molecule has 13 nitrogen and oxygen atoms in total. The topological polar surface area (TPSA) is 238 Å². The molecule has 0 radical (unpaired) electrons. The van der Waals surface area contributed by atoms with E-state index in [4.69, 9.17) is 0 Å². The Hall–Kier alpha value is 0.360. The van der Waals surface area contributed by atoms with Gasteiger partial charge in [0.25, 0.3) is 40.5 Å². The zero-order valence-electron chi connectivity index (χ0n) is 15.5. The second-order valence-corrected chi connectivity index (χ2v) is 12.3. The molecule has 4 rings (SSSR count). The summed E-state index contributed by atoms with van der Waals surface area (Å²) in [4.78, 5) is -5.05. The molecule has 0 amide bonds. The molecule has 4 aromatic rings. The van der Waals surface area contributed by atoms with Crippen LogP contribution in [0.1, 0.15) is 0 Å². The van der Waals surface area contributed by atoms with Crippen molar-refractivity contribution in [1.29, 1.82) is 0 Å². The molecule has 0 aliphatic carbocycles. The van der Waals surface area contributed by atoms with Crippen molar-refractivity contribution in [3.8, 4) is 5.75 Å². The second-order valence-electron chi connectivity index (χ2n) is 6.85. The molecule has 0 aliphatic rings. The summed E-state index contributed by atoms with van der Waals surface area (Å²) in [6.45, 7) is 0. The number of phenolic OH excluding ortho intramolecular Hbond substituents is 1. The van der Waals surface area contributed by atoms with Gasteiger partial charge in [-0.05, 0) is 12.1 Å². The Morgan fingerprint density at radius 1 is 0.472 bits per heavy atom. The molecule has 0 spiro atoms. The minimum atomic E-state index is -5.48. The van der Waals surface area contributed by atoms with Crippen LogP contribution < -0.4 is 0 Å². The summed E-state index contributed by atoms with van der Waals surface area (Å²) >= 11 is 0. The van der Waals surface area contributed by atoms with Crippen molar-refractivity contribution in [2.75, 3.05) is 0 Å². The van der Waals surface area contributed by atoms with E-state index < -0.39 is 98.1 Å². The molecular formula is C16H13Na3O13S4. The van der Waals surface area contributed by atoms with Gasteiger partial charge in [-0.3, -0.25) is 18.2 Å². The van der Waals surface area contributed by atoms with Crippen molar-refractivity contribution in [2.24, 2.45) is 0 Å². The van der Waals surface area contributed by atoms with Gasteiger partial charge in [-0.15, -0.1) is 0 Å². The average molecular weight is 611 g/mol. The molecule has 5 N–H and O–H groups in total. The first kappa shape index (κ1) is 34.4. The van der Waals surface area contributed by atoms with Gasteiger partial charge in [0.05, 0.1) is 0 Å². The van der Waals surface area contributed by atoms with E-state index in [1.807, 2.05) is 0 Å². The van der Waals surface area contributed by atoms with Crippen LogP contribution in [-0.2, 0) is 40.5 Å². The van der Waals surface area contributed by atoms with Crippen LogP contribution in [0.25, 0.3) is 32.3 Å². The number of rotatable bonds is 4. The first-order chi connectivity index (χ1) is 14.8. The Morgan fingerprint density at radius 3 is 1.17 bits per heavy atom. The van der Waals surface area contributed by atoms with Crippen LogP contribution in [0.2, 0.25) is 0 Å². The van der Waals surface area contributed by atoms with Crippen LogP contribution in [0.3, 0.4) is 0 Å². The quantitative estimate of drug-likeness (QED) is 0.110. The Balaban J connectivity index is 0.00000216. The van der Waals surface area contributed by atoms with Gasteiger partial charge in [-0.25, -0.2) is 0 Å². The monoisotopic (exact) mass is 610 g/mol. The Kier molecular flexibility index (Phi) is 10.3. The van der Waals surface area contributed by atoms with Crippen molar-refractivity contribution < 1.29 is 57.0 Å². The molecule has 0 fully saturated rings. The fourth-order valence-corrected chi connectivity index (χ4v) is 7.46. The fourth-order valence-electron chi connectivity index (χ4n) is 3.84. The third kappa shape index (κ3) is 5.64. The first-order valence-corrected chi connectivity index (χ1v) is 14.0. The fraction of sp³-hybridized carbons (Fsp3) is 0. The molecule has 20 heteroatoms. The molecule has 0 unspecified atom stereocenters. The molecule has 36 heavy (non-hydrogen) atoms. The van der Waals surface area contributed by atoms with Gasteiger partial charge < -0.3 is 5.11 Å². The standard InChI is InChI=1S/C16H10O13S4.3Na.3H/c17-14-8-3-1-6-10(30(18,19)20)5-11(31(21,22)23)7-2-4-9(13(8)12(6)7)15(32(24,25)26)16(14)33(27,28)29;;;;;;/h1-5,17H,(H,18,19,20)(H,21,22,23)(H,24,25,26)(H,27,28,29);;;;;;. The summed E-state index contributed by atoms with van der Waals surface area (Å²) in [6.07, 6.45) is 0. The molecule has 0 aromatic heterocycles. The van der Waals surface area contributed by atoms with Gasteiger partial charge in [-0.2, -0.15) is 33.7 Å². The summed E-state index contributed by atoms with van der Waals surface area (Å²) in [6, 6.07) is 4.02. The zero-order valence-corrected chi connectivity index (χ0v) is 18.8. The van der Waals surface area contributed by atoms with Gasteiger partial charge >= 0.3 is 88.7 Å². The third-order valence-corrected chi connectivity index (χ3v) is 8.72. The van der Waals surface area contributed by atoms with Gasteiger partial charge in [0.15, 0.2) is 4.90 Å². The van der Waals surface area contributed by atoms with Crippen LogP contribution in [-0.4, -0.2) is 146 Å². The van der Waals surface area contributed by atoms with E-state index in [9.17, 15) is 57.0 Å². The predicted molar refractivity (Wildman–Crippen MR) is 133 cm³/mol. The summed E-state index contributed by atoms with van der Waals surface area (Å²) in [5, 5.41) is 7.73. The van der Waals surface area contributed by atoms with Crippen molar-refractivity contribution in [3.63, 3.8) is 0 Å². The van der Waals surface area contributed by atoms with Crippen LogP contribution in [0, 0.1) is 0 Å². The van der Waals surface area contributed by atoms with E-state index in [2.05, 4.69) is 0 Å². The van der Waals surface area contributed by atoms with E-state index in [0.29, 0.717) is 6.07 Å². The number of hydrogen-bond acceptors (Lipinski definition) is 9. The Morgan fingerprint density at radius 2 is 0.806 bits per heavy atom. The number of benzene rings is 4. The van der Waals surface area contributed by atoms with E-state index >= 15 is 0 Å². The molecule has 0 aliphatic heterocycles. The summed E-state index contributed by atoms with van der Waals surface area (Å²) in [5.41, 5.74) is 0. The van der Waals surface area contributed by atoms with Gasteiger partial charge in [0.1, 0.15) is 20.4 Å². The normalized spacial score (nSPS) is 12.8. The van der Waals surface area contributed by atoms with Crippen LogP contribution >= 0.6 is 0 Å².